The van der Waals surface area contributed by atoms with Crippen LogP contribution >= 0.6 is 11.3 Å². The number of nitrogens with one attached hydrogen (secondary N) is 3. The first kappa shape index (κ1) is 20.9. The van der Waals surface area contributed by atoms with E-state index in [9.17, 15) is 9.90 Å². The van der Waals surface area contributed by atoms with E-state index in [0.29, 0.717) is 17.3 Å². The zero-order chi connectivity index (χ0) is 22.8. The molecule has 0 aliphatic heterocycles. The van der Waals surface area contributed by atoms with Crippen molar-refractivity contribution in [1.29, 1.82) is 0 Å². The summed E-state index contributed by atoms with van der Waals surface area (Å²) < 4.78 is 1.11. The van der Waals surface area contributed by atoms with Crippen LogP contribution in [0.2, 0.25) is 0 Å². The fourth-order valence-electron chi connectivity index (χ4n) is 7.31. The lowest BCUT2D eigenvalue weighted by molar-refractivity contribution is -0.160. The van der Waals surface area contributed by atoms with Crippen LogP contribution in [0.1, 0.15) is 55.8 Å². The molecule has 0 radical (unpaired) electrons. The van der Waals surface area contributed by atoms with Crippen molar-refractivity contribution in [3.8, 4) is 0 Å². The minimum Gasteiger partial charge on any atom is -0.390 e. The van der Waals surface area contributed by atoms with E-state index in [0.717, 1.165) is 53.7 Å². The second kappa shape index (κ2) is 7.14. The molecule has 4 bridgehead atoms. The number of hydrogen-bond acceptors (Lipinski definition) is 7. The van der Waals surface area contributed by atoms with Crippen molar-refractivity contribution >= 4 is 44.7 Å². The number of carbonyl (C=O) groups is 1. The molecule has 1 unspecified atom stereocenters. The Bertz CT molecular complexity index is 1240. The fraction of sp³-hybridized carbons (Fsp3) is 0.480. The maximum absolute atomic E-state index is 12.7. The van der Waals surface area contributed by atoms with Gasteiger partial charge in [-0.2, -0.15) is 0 Å². The van der Waals surface area contributed by atoms with Crippen molar-refractivity contribution in [2.45, 2.75) is 56.6 Å². The van der Waals surface area contributed by atoms with Crippen molar-refractivity contribution < 1.29 is 9.90 Å². The minimum atomic E-state index is -0.605. The lowest BCUT2D eigenvalue weighted by atomic mass is 9.46. The van der Waals surface area contributed by atoms with Gasteiger partial charge < -0.3 is 21.1 Å². The zero-order valence-corrected chi connectivity index (χ0v) is 19.8. The smallest absolute Gasteiger partial charge is 0.254 e. The Morgan fingerprint density at radius 2 is 2.03 bits per heavy atom. The average Bonchev–Trinajstić information content (AvgIpc) is 3.18. The van der Waals surface area contributed by atoms with Crippen molar-refractivity contribution in [2.75, 3.05) is 17.7 Å². The third-order valence-electron chi connectivity index (χ3n) is 7.70. The standard InChI is InChI=1S/C25H29N5O2S/c1-23-7-15-8-24(11-23,13-25(32,9-15)12-23)30-19-6-21(27-10-17(19)22(31)26-2)29-16-3-4-18-20(5-16)33-14-28-18/h3-6,10,14-15,32H,7-9,11-13H2,1-2H3,(H,26,31)(H2,27,29,30)/t15-,23-,24?,25+/m0/s1. The van der Waals surface area contributed by atoms with E-state index in [1.807, 2.05) is 23.7 Å². The number of thiazole rings is 1. The monoisotopic (exact) mass is 463 g/mol. The molecule has 33 heavy (non-hydrogen) atoms. The van der Waals surface area contributed by atoms with Crippen LogP contribution in [-0.2, 0) is 0 Å². The van der Waals surface area contributed by atoms with Crippen LogP contribution in [0.3, 0.4) is 0 Å². The summed E-state index contributed by atoms with van der Waals surface area (Å²) in [5, 5.41) is 21.2. The molecule has 1 amide bonds. The van der Waals surface area contributed by atoms with Gasteiger partial charge in [0.1, 0.15) is 5.82 Å². The lowest BCUT2D eigenvalue weighted by Gasteiger charge is -2.64. The summed E-state index contributed by atoms with van der Waals surface area (Å²) in [5.74, 6) is 1.03. The van der Waals surface area contributed by atoms with Crippen molar-refractivity contribution in [1.82, 2.24) is 15.3 Å². The number of benzene rings is 1. The molecule has 7 nitrogen and oxygen atoms in total. The Hall–Kier alpha value is -2.71. The topological polar surface area (TPSA) is 99.2 Å². The van der Waals surface area contributed by atoms with Crippen LogP contribution < -0.4 is 16.0 Å². The van der Waals surface area contributed by atoms with Gasteiger partial charge in [-0.25, -0.2) is 9.97 Å². The summed E-state index contributed by atoms with van der Waals surface area (Å²) in [7, 11) is 1.64. The normalized spacial score (nSPS) is 32.2. The number of pyridine rings is 1. The molecular weight excluding hydrogens is 434 g/mol. The Balaban J connectivity index is 1.34. The van der Waals surface area contributed by atoms with Gasteiger partial charge in [0.05, 0.1) is 32.6 Å². The van der Waals surface area contributed by atoms with Gasteiger partial charge in [-0.1, -0.05) is 6.92 Å². The van der Waals surface area contributed by atoms with E-state index in [-0.39, 0.29) is 16.9 Å². The van der Waals surface area contributed by atoms with Crippen LogP contribution in [-0.4, -0.2) is 39.2 Å². The molecule has 4 atom stereocenters. The van der Waals surface area contributed by atoms with E-state index in [2.05, 4.69) is 38.9 Å². The predicted octanol–water partition coefficient (Wildman–Crippen LogP) is 4.68. The average molecular weight is 464 g/mol. The second-order valence-electron chi connectivity index (χ2n) is 10.8. The number of anilines is 3. The van der Waals surface area contributed by atoms with Crippen LogP contribution in [0.4, 0.5) is 17.2 Å². The third-order valence-corrected chi connectivity index (χ3v) is 8.49. The van der Waals surface area contributed by atoms with Gasteiger partial charge in [0.15, 0.2) is 0 Å². The Kier molecular flexibility index (Phi) is 4.52. The first-order chi connectivity index (χ1) is 15.8. The number of fused-ring (bicyclic) bond motifs is 1. The highest BCUT2D eigenvalue weighted by Crippen LogP contribution is 2.63. The molecule has 2 aromatic heterocycles. The molecule has 172 valence electrons. The van der Waals surface area contributed by atoms with Gasteiger partial charge in [0.25, 0.3) is 5.91 Å². The molecule has 4 aliphatic carbocycles. The molecule has 3 aromatic rings. The third kappa shape index (κ3) is 3.65. The molecule has 8 heteroatoms. The molecule has 7 rings (SSSR count). The Morgan fingerprint density at radius 3 is 2.82 bits per heavy atom. The maximum atomic E-state index is 12.7. The highest BCUT2D eigenvalue weighted by atomic mass is 32.1. The van der Waals surface area contributed by atoms with Gasteiger partial charge >= 0.3 is 0 Å². The summed E-state index contributed by atoms with van der Waals surface area (Å²) in [5.41, 5.74) is 4.37. The van der Waals surface area contributed by atoms with Crippen LogP contribution in [0.25, 0.3) is 10.2 Å². The molecule has 0 spiro atoms. The molecule has 4 N–H and O–H groups in total. The summed E-state index contributed by atoms with van der Waals surface area (Å²) >= 11 is 1.60. The molecule has 0 saturated heterocycles. The molecule has 4 fully saturated rings. The number of aliphatic hydroxyl groups is 1. The summed E-state index contributed by atoms with van der Waals surface area (Å²) in [6, 6.07) is 7.96. The largest absolute Gasteiger partial charge is 0.390 e. The fourth-order valence-corrected chi connectivity index (χ4v) is 8.03. The van der Waals surface area contributed by atoms with Crippen molar-refractivity contribution in [2.24, 2.45) is 11.3 Å². The van der Waals surface area contributed by atoms with Gasteiger partial charge in [0, 0.05) is 30.5 Å². The van der Waals surface area contributed by atoms with E-state index in [4.69, 9.17) is 0 Å². The van der Waals surface area contributed by atoms with Gasteiger partial charge in [-0.15, -0.1) is 11.3 Å². The van der Waals surface area contributed by atoms with Crippen LogP contribution in [0, 0.1) is 11.3 Å². The summed E-state index contributed by atoms with van der Waals surface area (Å²) in [4.78, 5) is 21.5. The number of hydrogen-bond donors (Lipinski definition) is 4. The summed E-state index contributed by atoms with van der Waals surface area (Å²) in [6.07, 6.45) is 7.37. The molecule has 4 saturated carbocycles. The highest BCUT2D eigenvalue weighted by Gasteiger charge is 2.61. The van der Waals surface area contributed by atoms with E-state index >= 15 is 0 Å². The van der Waals surface area contributed by atoms with Gasteiger partial charge in [-0.05, 0) is 68.1 Å². The number of rotatable bonds is 5. The molecule has 1 aromatic carbocycles. The minimum absolute atomic E-state index is 0.145. The van der Waals surface area contributed by atoms with Gasteiger partial charge in [0.2, 0.25) is 0 Å². The second-order valence-corrected chi connectivity index (χ2v) is 11.7. The summed E-state index contributed by atoms with van der Waals surface area (Å²) in [6.45, 7) is 2.31. The number of nitrogens with zero attached hydrogens (tertiary/aromatic N) is 2. The first-order valence-electron chi connectivity index (χ1n) is 11.6. The van der Waals surface area contributed by atoms with E-state index in [1.165, 1.54) is 6.42 Å². The quantitative estimate of drug-likeness (QED) is 0.439. The van der Waals surface area contributed by atoms with Crippen LogP contribution in [0.15, 0.2) is 36.0 Å². The van der Waals surface area contributed by atoms with Gasteiger partial charge in [-0.3, -0.25) is 4.79 Å². The van der Waals surface area contributed by atoms with E-state index in [1.54, 1.807) is 24.6 Å². The number of aromatic nitrogens is 2. The SMILES string of the molecule is CNC(=O)c1cnc(Nc2ccc3ncsc3c2)cc1NC12C[C@@H]3C[C@@](C)(C1)C[C@](O)(C3)C2. The zero-order valence-electron chi connectivity index (χ0n) is 18.9. The molecule has 4 aliphatic rings. The van der Waals surface area contributed by atoms with E-state index < -0.39 is 5.60 Å². The highest BCUT2D eigenvalue weighted by molar-refractivity contribution is 7.16. The number of amides is 1. The maximum Gasteiger partial charge on any atom is 0.254 e. The van der Waals surface area contributed by atoms with Crippen LogP contribution in [0.5, 0.6) is 0 Å². The van der Waals surface area contributed by atoms with Crippen molar-refractivity contribution in [3.05, 3.63) is 41.5 Å². The lowest BCUT2D eigenvalue weighted by Crippen LogP contribution is -2.65. The first-order valence-corrected chi connectivity index (χ1v) is 12.5. The Labute approximate surface area is 197 Å². The molecule has 2 heterocycles. The number of carbonyl (C=O) groups excluding carboxylic acids is 1. The predicted molar refractivity (Wildman–Crippen MR) is 131 cm³/mol. The van der Waals surface area contributed by atoms with Crippen molar-refractivity contribution in [3.63, 3.8) is 0 Å². The Morgan fingerprint density at radius 1 is 1.15 bits per heavy atom. The molecular formula is C25H29N5O2S.